The molecule has 0 bridgehead atoms. The van der Waals surface area contributed by atoms with E-state index in [0.29, 0.717) is 0 Å². The lowest BCUT2D eigenvalue weighted by Crippen LogP contribution is -2.15. The molecule has 1 atom stereocenters. The lowest BCUT2D eigenvalue weighted by atomic mass is 10.0. The van der Waals surface area contributed by atoms with Crippen LogP contribution in [0.25, 0.3) is 0 Å². The van der Waals surface area contributed by atoms with E-state index >= 15 is 0 Å². The van der Waals surface area contributed by atoms with E-state index in [1.165, 1.54) is 7.11 Å². The third-order valence-corrected chi connectivity index (χ3v) is 1.90. The van der Waals surface area contributed by atoms with Gasteiger partial charge in [-0.1, -0.05) is 12.2 Å². The fourth-order valence-electron chi connectivity index (χ4n) is 1.05. The van der Waals surface area contributed by atoms with E-state index in [-0.39, 0.29) is 11.9 Å². The zero-order valence-electron chi connectivity index (χ0n) is 7.78. The largest absolute Gasteiger partial charge is 0.469 e. The van der Waals surface area contributed by atoms with Crippen LogP contribution in [0.15, 0.2) is 36.2 Å². The van der Waals surface area contributed by atoms with Gasteiger partial charge in [0.05, 0.1) is 13.0 Å². The van der Waals surface area contributed by atoms with Gasteiger partial charge in [0.2, 0.25) is 0 Å². The van der Waals surface area contributed by atoms with Gasteiger partial charge in [0.1, 0.15) is 0 Å². The Balaban J connectivity index is 2.71. The molecule has 1 aliphatic heterocycles. The summed E-state index contributed by atoms with van der Waals surface area (Å²) in [5.74, 6) is -0.451. The Bertz CT molecular complexity index is 277. The normalized spacial score (nSPS) is 16.9. The summed E-state index contributed by atoms with van der Waals surface area (Å²) in [7, 11) is 1.39. The monoisotopic (exact) mass is 179 g/mol. The van der Waals surface area contributed by atoms with Gasteiger partial charge in [-0.25, -0.2) is 0 Å². The molecule has 3 heteroatoms. The first kappa shape index (κ1) is 9.58. The third-order valence-electron chi connectivity index (χ3n) is 1.90. The summed E-state index contributed by atoms with van der Waals surface area (Å²) < 4.78 is 4.64. The van der Waals surface area contributed by atoms with Gasteiger partial charge in [0.15, 0.2) is 0 Å². The summed E-state index contributed by atoms with van der Waals surface area (Å²) in [4.78, 5) is 11.2. The van der Waals surface area contributed by atoms with Crippen LogP contribution in [-0.4, -0.2) is 13.1 Å². The summed E-state index contributed by atoms with van der Waals surface area (Å²) in [6.45, 7) is 1.81. The molecule has 0 aromatic carbocycles. The number of nitrogens with one attached hydrogen (secondary N) is 1. The van der Waals surface area contributed by atoms with E-state index in [0.717, 1.165) is 5.57 Å². The molecule has 1 heterocycles. The van der Waals surface area contributed by atoms with E-state index < -0.39 is 0 Å². The van der Waals surface area contributed by atoms with E-state index in [1.54, 1.807) is 12.4 Å². The Morgan fingerprint density at radius 3 is 3.00 bits per heavy atom. The molecule has 0 saturated heterocycles. The van der Waals surface area contributed by atoms with Gasteiger partial charge in [-0.05, 0) is 18.6 Å². The highest BCUT2D eigenvalue weighted by Crippen LogP contribution is 2.13. The van der Waals surface area contributed by atoms with Crippen molar-refractivity contribution in [1.82, 2.24) is 5.32 Å². The minimum Gasteiger partial charge on any atom is -0.469 e. The molecule has 0 fully saturated rings. The zero-order valence-corrected chi connectivity index (χ0v) is 7.78. The van der Waals surface area contributed by atoms with Crippen molar-refractivity contribution in [2.75, 3.05) is 7.11 Å². The molecule has 13 heavy (non-hydrogen) atoms. The molecule has 0 aliphatic carbocycles. The molecule has 0 spiro atoms. The molecule has 3 nitrogen and oxygen atoms in total. The van der Waals surface area contributed by atoms with Crippen molar-refractivity contribution in [2.24, 2.45) is 5.92 Å². The average Bonchev–Trinajstić information content (AvgIpc) is 2.43. The van der Waals surface area contributed by atoms with Crippen LogP contribution in [0, 0.1) is 5.92 Å². The molecule has 0 amide bonds. The van der Waals surface area contributed by atoms with Crippen molar-refractivity contribution in [1.29, 1.82) is 0 Å². The molecule has 0 saturated carbocycles. The van der Waals surface area contributed by atoms with Crippen molar-refractivity contribution in [3.63, 3.8) is 0 Å². The molecule has 1 unspecified atom stereocenters. The summed E-state index contributed by atoms with van der Waals surface area (Å²) >= 11 is 0. The van der Waals surface area contributed by atoms with Crippen LogP contribution in [0.3, 0.4) is 0 Å². The molecule has 0 aromatic heterocycles. The standard InChI is InChI=1S/C10H13NO2/c1-8(10(12)13-2)9-5-3-4-6-11-7-9/h3-8,11H,1-2H3. The summed E-state index contributed by atoms with van der Waals surface area (Å²) in [5.41, 5.74) is 0.914. The number of methoxy groups -OCH3 is 1. The van der Waals surface area contributed by atoms with Crippen LogP contribution < -0.4 is 5.32 Å². The number of rotatable bonds is 2. The van der Waals surface area contributed by atoms with Gasteiger partial charge in [-0.3, -0.25) is 4.79 Å². The minimum absolute atomic E-state index is 0.223. The van der Waals surface area contributed by atoms with E-state index in [9.17, 15) is 4.79 Å². The second-order valence-corrected chi connectivity index (χ2v) is 2.77. The fourth-order valence-corrected chi connectivity index (χ4v) is 1.05. The van der Waals surface area contributed by atoms with Crippen LogP contribution in [0.4, 0.5) is 0 Å². The van der Waals surface area contributed by atoms with Crippen LogP contribution >= 0.6 is 0 Å². The maximum Gasteiger partial charge on any atom is 0.312 e. The Kier molecular flexibility index (Phi) is 3.31. The van der Waals surface area contributed by atoms with Crippen LogP contribution in [0.5, 0.6) is 0 Å². The minimum atomic E-state index is -0.228. The van der Waals surface area contributed by atoms with Crippen molar-refractivity contribution in [3.05, 3.63) is 36.2 Å². The van der Waals surface area contributed by atoms with Gasteiger partial charge in [-0.2, -0.15) is 0 Å². The lowest BCUT2D eigenvalue weighted by molar-refractivity contribution is -0.143. The first-order valence-electron chi connectivity index (χ1n) is 4.13. The number of ether oxygens (including phenoxy) is 1. The Morgan fingerprint density at radius 2 is 2.31 bits per heavy atom. The van der Waals surface area contributed by atoms with Crippen LogP contribution in [-0.2, 0) is 9.53 Å². The molecule has 70 valence electrons. The van der Waals surface area contributed by atoms with Gasteiger partial charge in [0.25, 0.3) is 0 Å². The van der Waals surface area contributed by atoms with Gasteiger partial charge in [0, 0.05) is 12.4 Å². The molecule has 1 N–H and O–H groups in total. The highest BCUT2D eigenvalue weighted by molar-refractivity contribution is 5.76. The predicted molar refractivity (Wildman–Crippen MR) is 50.7 cm³/mol. The maximum absolute atomic E-state index is 11.2. The van der Waals surface area contributed by atoms with E-state index in [1.807, 2.05) is 25.2 Å². The van der Waals surface area contributed by atoms with Gasteiger partial charge >= 0.3 is 5.97 Å². The molecule has 1 aliphatic rings. The number of hydrogen-bond acceptors (Lipinski definition) is 3. The summed E-state index contributed by atoms with van der Waals surface area (Å²) in [5, 5.41) is 2.94. The number of allylic oxidation sites excluding steroid dienone is 3. The number of hydrogen-bond donors (Lipinski definition) is 1. The Labute approximate surface area is 77.8 Å². The second-order valence-electron chi connectivity index (χ2n) is 2.77. The smallest absolute Gasteiger partial charge is 0.312 e. The molecule has 1 rings (SSSR count). The first-order chi connectivity index (χ1) is 6.25. The van der Waals surface area contributed by atoms with Crippen molar-refractivity contribution in [2.45, 2.75) is 6.92 Å². The molecular formula is C10H13NO2. The number of esters is 1. The quantitative estimate of drug-likeness (QED) is 0.650. The average molecular weight is 179 g/mol. The van der Waals surface area contributed by atoms with E-state index in [4.69, 9.17) is 0 Å². The summed E-state index contributed by atoms with van der Waals surface area (Å²) in [6, 6.07) is 0. The highest BCUT2D eigenvalue weighted by atomic mass is 16.5. The molecular weight excluding hydrogens is 166 g/mol. The van der Waals surface area contributed by atoms with Crippen molar-refractivity contribution in [3.8, 4) is 0 Å². The fraction of sp³-hybridized carbons (Fsp3) is 0.300. The van der Waals surface area contributed by atoms with Gasteiger partial charge < -0.3 is 10.1 Å². The number of carbonyl (C=O) groups is 1. The SMILES string of the molecule is COC(=O)C(C)C1=CNC=CC=C1. The maximum atomic E-state index is 11.2. The predicted octanol–water partition coefficient (Wildman–Crippen LogP) is 1.35. The van der Waals surface area contributed by atoms with E-state index in [2.05, 4.69) is 10.1 Å². The first-order valence-corrected chi connectivity index (χ1v) is 4.13. The number of carbonyl (C=O) groups excluding carboxylic acids is 1. The molecule has 0 aromatic rings. The highest BCUT2D eigenvalue weighted by Gasteiger charge is 2.16. The van der Waals surface area contributed by atoms with Crippen LogP contribution in [0.2, 0.25) is 0 Å². The Hall–Kier alpha value is -1.51. The van der Waals surface area contributed by atoms with Crippen LogP contribution in [0.1, 0.15) is 6.92 Å². The zero-order chi connectivity index (χ0) is 9.68. The molecule has 0 radical (unpaired) electrons. The Morgan fingerprint density at radius 1 is 1.54 bits per heavy atom. The lowest BCUT2D eigenvalue weighted by Gasteiger charge is -2.09. The second kappa shape index (κ2) is 4.50. The van der Waals surface area contributed by atoms with Crippen molar-refractivity contribution < 1.29 is 9.53 Å². The topological polar surface area (TPSA) is 38.3 Å². The van der Waals surface area contributed by atoms with Crippen molar-refractivity contribution >= 4 is 5.97 Å². The third kappa shape index (κ3) is 2.47. The summed E-state index contributed by atoms with van der Waals surface area (Å²) in [6.07, 6.45) is 9.23. The van der Waals surface area contributed by atoms with Gasteiger partial charge in [-0.15, -0.1) is 0 Å².